The minimum atomic E-state index is -0.0148. The molecule has 3 aliphatic carbocycles. The van der Waals surface area contributed by atoms with E-state index in [4.69, 9.17) is 4.42 Å². The lowest BCUT2D eigenvalue weighted by Gasteiger charge is -2.27. The van der Waals surface area contributed by atoms with Crippen LogP contribution in [0.2, 0.25) is 0 Å². The summed E-state index contributed by atoms with van der Waals surface area (Å²) in [7, 11) is 0. The fourth-order valence-corrected chi connectivity index (χ4v) is 6.62. The van der Waals surface area contributed by atoms with Crippen LogP contribution in [0.25, 0.3) is 11.5 Å². The summed E-state index contributed by atoms with van der Waals surface area (Å²) in [6.45, 7) is 0. The zero-order valence-electron chi connectivity index (χ0n) is 20.3. The Morgan fingerprint density at radius 1 is 1.14 bits per heavy atom. The standard InChI is InChI=1S/C27H31N5O3S/c33-22(12-15-36-26-28-20-9-5-4-8-19(20)23(34)30-26)29-21-16-27(21)13-10-18(11-14-27)25-32-31-24(35-25)17-6-2-1-3-7-17/h1-3,6-7,18,21H,4-5,8-16H2,(H,29,33)(H,28,30,34). The maximum absolute atomic E-state index is 12.6. The fourth-order valence-electron chi connectivity index (χ4n) is 5.80. The Bertz CT molecular complexity index is 1300. The molecule has 3 aromatic rings. The molecule has 1 amide bonds. The highest BCUT2D eigenvalue weighted by Gasteiger charge is 2.56. The molecule has 2 aromatic heterocycles. The first-order chi connectivity index (χ1) is 17.6. The predicted molar refractivity (Wildman–Crippen MR) is 137 cm³/mol. The van der Waals surface area contributed by atoms with Crippen LogP contribution in [0.1, 0.15) is 74.4 Å². The van der Waals surface area contributed by atoms with Gasteiger partial charge in [0.15, 0.2) is 5.16 Å². The van der Waals surface area contributed by atoms with Gasteiger partial charge in [-0.05, 0) is 75.3 Å². The van der Waals surface area contributed by atoms with Gasteiger partial charge in [0.25, 0.3) is 5.56 Å². The van der Waals surface area contributed by atoms with E-state index in [0.29, 0.717) is 29.1 Å². The van der Waals surface area contributed by atoms with E-state index in [2.05, 4.69) is 25.5 Å². The van der Waals surface area contributed by atoms with E-state index >= 15 is 0 Å². The molecule has 1 spiro atoms. The molecule has 0 aliphatic heterocycles. The van der Waals surface area contributed by atoms with Crippen molar-refractivity contribution in [2.45, 2.75) is 81.3 Å². The zero-order valence-corrected chi connectivity index (χ0v) is 21.1. The van der Waals surface area contributed by atoms with Crippen LogP contribution in [-0.4, -0.2) is 37.9 Å². The van der Waals surface area contributed by atoms with E-state index in [0.717, 1.165) is 80.5 Å². The van der Waals surface area contributed by atoms with Crippen molar-refractivity contribution in [3.8, 4) is 11.5 Å². The Labute approximate surface area is 214 Å². The number of aryl methyl sites for hydroxylation is 1. The number of rotatable bonds is 7. The number of hydrogen-bond acceptors (Lipinski definition) is 7. The second-order valence-corrected chi connectivity index (χ2v) is 11.5. The molecule has 9 heteroatoms. The van der Waals surface area contributed by atoms with Crippen molar-refractivity contribution < 1.29 is 9.21 Å². The minimum absolute atomic E-state index is 0.0148. The summed E-state index contributed by atoms with van der Waals surface area (Å²) < 4.78 is 5.99. The minimum Gasteiger partial charge on any atom is -0.420 e. The Balaban J connectivity index is 0.957. The van der Waals surface area contributed by atoms with E-state index < -0.39 is 0 Å². The molecule has 0 bridgehead atoms. The molecular weight excluding hydrogens is 474 g/mol. The molecule has 3 aliphatic rings. The van der Waals surface area contributed by atoms with Crippen molar-refractivity contribution in [2.24, 2.45) is 5.41 Å². The molecule has 1 aromatic carbocycles. The number of nitrogens with zero attached hydrogens (tertiary/aromatic N) is 3. The summed E-state index contributed by atoms with van der Waals surface area (Å²) in [5, 5.41) is 12.4. The van der Waals surface area contributed by atoms with Gasteiger partial charge in [0.05, 0.1) is 5.69 Å². The van der Waals surface area contributed by atoms with Gasteiger partial charge in [-0.2, -0.15) is 0 Å². The second-order valence-electron chi connectivity index (χ2n) is 10.4. The van der Waals surface area contributed by atoms with Crippen molar-refractivity contribution in [3.05, 3.63) is 57.8 Å². The highest BCUT2D eigenvalue weighted by atomic mass is 32.2. The topological polar surface area (TPSA) is 114 Å². The van der Waals surface area contributed by atoms with Crippen LogP contribution in [0.15, 0.2) is 44.7 Å². The molecule has 1 atom stereocenters. The summed E-state index contributed by atoms with van der Waals surface area (Å²) in [6.07, 6.45) is 9.47. The van der Waals surface area contributed by atoms with Crippen LogP contribution < -0.4 is 10.9 Å². The number of thioether (sulfide) groups is 1. The number of H-pyrrole nitrogens is 1. The third-order valence-corrected chi connectivity index (χ3v) is 8.93. The van der Waals surface area contributed by atoms with Gasteiger partial charge in [-0.25, -0.2) is 4.98 Å². The molecule has 8 nitrogen and oxygen atoms in total. The quantitative estimate of drug-likeness (QED) is 0.361. The molecule has 2 N–H and O–H groups in total. The van der Waals surface area contributed by atoms with E-state index in [-0.39, 0.29) is 22.9 Å². The molecular formula is C27H31N5O3S. The predicted octanol–water partition coefficient (Wildman–Crippen LogP) is 4.41. The Kier molecular flexibility index (Phi) is 6.41. The second kappa shape index (κ2) is 9.84. The third kappa shape index (κ3) is 4.85. The van der Waals surface area contributed by atoms with Crippen LogP contribution in [0, 0.1) is 5.41 Å². The first-order valence-corrected chi connectivity index (χ1v) is 14.0. The smallest absolute Gasteiger partial charge is 0.254 e. The van der Waals surface area contributed by atoms with Crippen LogP contribution in [0.5, 0.6) is 0 Å². The highest BCUT2D eigenvalue weighted by Crippen LogP contribution is 2.58. The Morgan fingerprint density at radius 2 is 1.94 bits per heavy atom. The van der Waals surface area contributed by atoms with E-state index in [1.54, 1.807) is 0 Å². The summed E-state index contributed by atoms with van der Waals surface area (Å²) in [5.41, 5.74) is 2.93. The van der Waals surface area contributed by atoms with Crippen LogP contribution >= 0.6 is 11.8 Å². The SMILES string of the molecule is O=C(CCSc1nc2c(c(=O)[nH]1)CCCC2)NC1CC12CCC(c1nnc(-c3ccccc3)o1)CC2. The van der Waals surface area contributed by atoms with E-state index in [1.807, 2.05) is 30.3 Å². The molecule has 2 heterocycles. The summed E-state index contributed by atoms with van der Waals surface area (Å²) in [4.78, 5) is 32.4. The van der Waals surface area contributed by atoms with Gasteiger partial charge in [0.1, 0.15) is 0 Å². The number of amides is 1. The molecule has 2 saturated carbocycles. The maximum atomic E-state index is 12.6. The summed E-state index contributed by atoms with van der Waals surface area (Å²) >= 11 is 1.46. The molecule has 36 heavy (non-hydrogen) atoms. The lowest BCUT2D eigenvalue weighted by molar-refractivity contribution is -0.121. The number of carbonyl (C=O) groups is 1. The first-order valence-electron chi connectivity index (χ1n) is 13.0. The average Bonchev–Trinajstić information content (AvgIpc) is 3.31. The molecule has 0 saturated heterocycles. The normalized spacial score (nSPS) is 24.9. The van der Waals surface area contributed by atoms with Crippen molar-refractivity contribution in [1.29, 1.82) is 0 Å². The van der Waals surface area contributed by atoms with Crippen LogP contribution in [0.4, 0.5) is 0 Å². The van der Waals surface area contributed by atoms with Crippen LogP contribution in [-0.2, 0) is 17.6 Å². The summed E-state index contributed by atoms with van der Waals surface area (Å²) in [6, 6.07) is 10.1. The van der Waals surface area contributed by atoms with Crippen molar-refractivity contribution in [2.75, 3.05) is 5.75 Å². The number of benzene rings is 1. The van der Waals surface area contributed by atoms with Crippen molar-refractivity contribution >= 4 is 17.7 Å². The van der Waals surface area contributed by atoms with Crippen molar-refractivity contribution in [3.63, 3.8) is 0 Å². The van der Waals surface area contributed by atoms with Gasteiger partial charge in [-0.1, -0.05) is 30.0 Å². The number of fused-ring (bicyclic) bond motifs is 1. The molecule has 0 radical (unpaired) electrons. The first kappa shape index (κ1) is 23.5. The van der Waals surface area contributed by atoms with Gasteiger partial charge in [0.2, 0.25) is 17.7 Å². The number of carbonyl (C=O) groups excluding carboxylic acids is 1. The lowest BCUT2D eigenvalue weighted by Crippen LogP contribution is -2.31. The fraction of sp³-hybridized carbons (Fsp3) is 0.519. The number of aromatic amines is 1. The Hall–Kier alpha value is -2.94. The van der Waals surface area contributed by atoms with Crippen molar-refractivity contribution in [1.82, 2.24) is 25.5 Å². The zero-order chi connectivity index (χ0) is 24.5. The van der Waals surface area contributed by atoms with Gasteiger partial charge < -0.3 is 14.7 Å². The average molecular weight is 506 g/mol. The van der Waals surface area contributed by atoms with Gasteiger partial charge in [-0.3, -0.25) is 9.59 Å². The highest BCUT2D eigenvalue weighted by molar-refractivity contribution is 7.99. The number of hydrogen-bond donors (Lipinski definition) is 2. The van der Waals surface area contributed by atoms with E-state index in [1.165, 1.54) is 11.8 Å². The molecule has 1 unspecified atom stereocenters. The number of aromatic nitrogens is 4. The third-order valence-electron chi connectivity index (χ3n) is 8.05. The maximum Gasteiger partial charge on any atom is 0.254 e. The van der Waals surface area contributed by atoms with Gasteiger partial charge >= 0.3 is 0 Å². The molecule has 2 fully saturated rings. The molecule has 188 valence electrons. The van der Waals surface area contributed by atoms with Gasteiger partial charge in [-0.15, -0.1) is 10.2 Å². The lowest BCUT2D eigenvalue weighted by atomic mass is 9.79. The monoisotopic (exact) mass is 505 g/mol. The summed E-state index contributed by atoms with van der Waals surface area (Å²) in [5.74, 6) is 2.29. The number of nitrogens with one attached hydrogen (secondary N) is 2. The largest absolute Gasteiger partial charge is 0.420 e. The van der Waals surface area contributed by atoms with Crippen LogP contribution in [0.3, 0.4) is 0 Å². The van der Waals surface area contributed by atoms with Gasteiger partial charge in [0, 0.05) is 35.3 Å². The Morgan fingerprint density at radius 3 is 2.78 bits per heavy atom. The molecule has 6 rings (SSSR count). The van der Waals surface area contributed by atoms with E-state index in [9.17, 15) is 9.59 Å².